The van der Waals surface area contributed by atoms with Crippen LogP contribution in [0.2, 0.25) is 0 Å². The molecule has 0 aliphatic rings. The topological polar surface area (TPSA) is 38.3 Å². The molecule has 1 N–H and O–H groups in total. The molecule has 1 amide bonds. The van der Waals surface area contributed by atoms with Crippen LogP contribution in [0.5, 0.6) is 0 Å². The fraction of sp³-hybridized carbons (Fsp3) is 0.800. The molecule has 3 nitrogen and oxygen atoms in total. The lowest BCUT2D eigenvalue weighted by atomic mass is 10.2. The van der Waals surface area contributed by atoms with Crippen molar-refractivity contribution in [2.24, 2.45) is 0 Å². The summed E-state index contributed by atoms with van der Waals surface area (Å²) in [5.41, 5.74) is -0.435. The third-order valence-electron chi connectivity index (χ3n) is 1.36. The molecule has 0 unspecified atom stereocenters. The molecule has 0 spiro atoms. The number of ether oxygens (including phenoxy) is 1. The van der Waals surface area contributed by atoms with E-state index in [0.29, 0.717) is 0 Å². The summed E-state index contributed by atoms with van der Waals surface area (Å²) in [5, 5.41) is 2.67. The van der Waals surface area contributed by atoms with Gasteiger partial charge in [-0.05, 0) is 34.1 Å². The first kappa shape index (κ1) is 12.3. The summed E-state index contributed by atoms with van der Waals surface area (Å²) >= 11 is 0. The van der Waals surface area contributed by atoms with Gasteiger partial charge in [0.15, 0.2) is 0 Å². The molecule has 0 bridgehead atoms. The molecular formula is C10H20NO2. The Kier molecular flexibility index (Phi) is 4.81. The number of carbonyl (C=O) groups is 1. The van der Waals surface area contributed by atoms with Crippen LogP contribution in [-0.4, -0.2) is 17.7 Å². The third-order valence-corrected chi connectivity index (χ3v) is 1.36. The number of rotatable bonds is 3. The zero-order chi connectivity index (χ0) is 10.5. The number of hydrogen-bond donors (Lipinski definition) is 1. The summed E-state index contributed by atoms with van der Waals surface area (Å²) in [6.45, 7) is 11.3. The number of nitrogens with one attached hydrogen (secondary N) is 1. The first-order valence-corrected chi connectivity index (χ1v) is 4.67. The van der Waals surface area contributed by atoms with Crippen LogP contribution >= 0.6 is 0 Å². The molecule has 13 heavy (non-hydrogen) atoms. The highest BCUT2D eigenvalue weighted by molar-refractivity contribution is 5.68. The van der Waals surface area contributed by atoms with Crippen molar-refractivity contribution in [3.8, 4) is 0 Å². The predicted molar refractivity (Wildman–Crippen MR) is 53.4 cm³/mol. The third kappa shape index (κ3) is 7.62. The van der Waals surface area contributed by atoms with E-state index in [-0.39, 0.29) is 12.1 Å². The van der Waals surface area contributed by atoms with Gasteiger partial charge in [-0.15, -0.1) is 0 Å². The van der Waals surface area contributed by atoms with E-state index in [1.807, 2.05) is 20.8 Å². The second kappa shape index (κ2) is 5.10. The van der Waals surface area contributed by atoms with E-state index in [0.717, 1.165) is 12.8 Å². The van der Waals surface area contributed by atoms with Crippen molar-refractivity contribution in [2.45, 2.75) is 52.2 Å². The molecule has 1 radical (unpaired) electrons. The molecule has 0 heterocycles. The molecule has 1 atom stereocenters. The van der Waals surface area contributed by atoms with Crippen LogP contribution in [0.25, 0.3) is 0 Å². The maximum Gasteiger partial charge on any atom is 0.407 e. The van der Waals surface area contributed by atoms with E-state index in [4.69, 9.17) is 4.74 Å². The normalized spacial score (nSPS) is 13.6. The molecular weight excluding hydrogens is 166 g/mol. The predicted octanol–water partition coefficient (Wildman–Crippen LogP) is 2.51. The first-order valence-electron chi connectivity index (χ1n) is 4.67. The molecule has 0 aliphatic carbocycles. The second-order valence-corrected chi connectivity index (χ2v) is 4.13. The molecule has 0 aliphatic heterocycles. The van der Waals surface area contributed by atoms with E-state index in [1.54, 1.807) is 0 Å². The minimum absolute atomic E-state index is 0.0557. The zero-order valence-electron chi connectivity index (χ0n) is 9.02. The van der Waals surface area contributed by atoms with Gasteiger partial charge in [-0.1, -0.05) is 13.3 Å². The number of alkyl carbamates (subject to hydrolysis) is 1. The van der Waals surface area contributed by atoms with Gasteiger partial charge in [0.1, 0.15) is 5.60 Å². The van der Waals surface area contributed by atoms with Crippen LogP contribution in [0.15, 0.2) is 0 Å². The van der Waals surface area contributed by atoms with E-state index in [9.17, 15) is 4.79 Å². The highest BCUT2D eigenvalue weighted by atomic mass is 16.6. The Labute approximate surface area is 80.8 Å². The summed E-state index contributed by atoms with van der Waals surface area (Å²) in [6, 6.07) is -0.0557. The molecule has 0 aromatic heterocycles. The van der Waals surface area contributed by atoms with Gasteiger partial charge in [0.25, 0.3) is 0 Å². The molecule has 0 aromatic rings. The van der Waals surface area contributed by atoms with Gasteiger partial charge in [-0.3, -0.25) is 0 Å². The van der Waals surface area contributed by atoms with E-state index < -0.39 is 5.60 Å². The average Bonchev–Trinajstić information content (AvgIpc) is 1.81. The number of amides is 1. The minimum atomic E-state index is -0.435. The van der Waals surface area contributed by atoms with Crippen LogP contribution in [0.1, 0.15) is 40.5 Å². The maximum atomic E-state index is 11.2. The Morgan fingerprint density at radius 3 is 2.46 bits per heavy atom. The lowest BCUT2D eigenvalue weighted by molar-refractivity contribution is 0.0512. The fourth-order valence-electron chi connectivity index (χ4n) is 0.895. The second-order valence-electron chi connectivity index (χ2n) is 4.13. The van der Waals surface area contributed by atoms with Crippen molar-refractivity contribution in [1.82, 2.24) is 5.32 Å². The van der Waals surface area contributed by atoms with Gasteiger partial charge in [0.2, 0.25) is 0 Å². The average molecular weight is 186 g/mol. The van der Waals surface area contributed by atoms with Crippen molar-refractivity contribution < 1.29 is 9.53 Å². The number of hydrogen-bond acceptors (Lipinski definition) is 2. The summed E-state index contributed by atoms with van der Waals surface area (Å²) in [6.07, 6.45) is 1.49. The number of carbonyl (C=O) groups excluding carboxylic acids is 1. The van der Waals surface area contributed by atoms with Crippen molar-refractivity contribution in [3.05, 3.63) is 6.92 Å². The van der Waals surface area contributed by atoms with Crippen LogP contribution < -0.4 is 5.32 Å². The Hall–Kier alpha value is -0.730. The molecule has 0 fully saturated rings. The highest BCUT2D eigenvalue weighted by Gasteiger charge is 2.16. The molecule has 0 saturated carbocycles. The zero-order valence-corrected chi connectivity index (χ0v) is 9.02. The summed E-state index contributed by atoms with van der Waals surface area (Å²) < 4.78 is 5.06. The van der Waals surface area contributed by atoms with Crippen LogP contribution in [0.4, 0.5) is 4.79 Å². The Balaban J connectivity index is 3.74. The maximum absolute atomic E-state index is 11.2. The first-order chi connectivity index (χ1) is 5.85. The van der Waals surface area contributed by atoms with Crippen molar-refractivity contribution in [2.75, 3.05) is 0 Å². The Bertz CT molecular complexity index is 161. The molecule has 77 valence electrons. The van der Waals surface area contributed by atoms with Crippen LogP contribution in [-0.2, 0) is 4.74 Å². The Morgan fingerprint density at radius 2 is 2.08 bits per heavy atom. The van der Waals surface area contributed by atoms with E-state index in [1.165, 1.54) is 0 Å². The summed E-state index contributed by atoms with van der Waals surface area (Å²) in [4.78, 5) is 11.2. The molecule has 3 heteroatoms. The SMILES string of the molecule is [CH2][C@@H](CCC)NC(=O)OC(C)(C)C. The lowest BCUT2D eigenvalue weighted by Gasteiger charge is -2.21. The fourth-order valence-corrected chi connectivity index (χ4v) is 0.895. The largest absolute Gasteiger partial charge is 0.444 e. The van der Waals surface area contributed by atoms with Crippen molar-refractivity contribution in [1.29, 1.82) is 0 Å². The van der Waals surface area contributed by atoms with E-state index in [2.05, 4.69) is 19.2 Å². The van der Waals surface area contributed by atoms with Gasteiger partial charge in [0.05, 0.1) is 0 Å². The van der Waals surface area contributed by atoms with Gasteiger partial charge in [-0.2, -0.15) is 0 Å². The quantitative estimate of drug-likeness (QED) is 0.735. The Morgan fingerprint density at radius 1 is 1.54 bits per heavy atom. The lowest BCUT2D eigenvalue weighted by Crippen LogP contribution is -2.37. The monoisotopic (exact) mass is 186 g/mol. The standard InChI is InChI=1S/C10H20NO2/c1-6-7-8(2)11-9(12)13-10(3,4)5/h8H,2,6-7H2,1,3-5H3,(H,11,12)/t8-/m0/s1. The van der Waals surface area contributed by atoms with Crippen LogP contribution in [0, 0.1) is 6.92 Å². The smallest absolute Gasteiger partial charge is 0.407 e. The minimum Gasteiger partial charge on any atom is -0.444 e. The van der Waals surface area contributed by atoms with E-state index >= 15 is 0 Å². The summed E-state index contributed by atoms with van der Waals surface area (Å²) in [5.74, 6) is 0. The van der Waals surface area contributed by atoms with Gasteiger partial charge in [0, 0.05) is 6.04 Å². The molecule has 0 rings (SSSR count). The molecule has 0 saturated heterocycles. The van der Waals surface area contributed by atoms with Gasteiger partial charge in [-0.25, -0.2) is 4.79 Å². The van der Waals surface area contributed by atoms with Gasteiger partial charge < -0.3 is 10.1 Å². The van der Waals surface area contributed by atoms with Gasteiger partial charge >= 0.3 is 6.09 Å². The van der Waals surface area contributed by atoms with Crippen LogP contribution in [0.3, 0.4) is 0 Å². The molecule has 0 aromatic carbocycles. The highest BCUT2D eigenvalue weighted by Crippen LogP contribution is 2.07. The summed E-state index contributed by atoms with van der Waals surface area (Å²) in [7, 11) is 0. The van der Waals surface area contributed by atoms with Crippen molar-refractivity contribution >= 4 is 6.09 Å². The van der Waals surface area contributed by atoms with Crippen molar-refractivity contribution in [3.63, 3.8) is 0 Å².